The first-order valence-electron chi connectivity index (χ1n) is 11.4. The maximum Gasteiger partial charge on any atom is 0.253 e. The number of benzene rings is 1. The van der Waals surface area contributed by atoms with E-state index >= 15 is 0 Å². The van der Waals surface area contributed by atoms with E-state index in [0.717, 1.165) is 57.5 Å². The summed E-state index contributed by atoms with van der Waals surface area (Å²) >= 11 is 0. The van der Waals surface area contributed by atoms with Crippen molar-refractivity contribution >= 4 is 23.7 Å². The second-order valence-corrected chi connectivity index (χ2v) is 8.61. The molecule has 176 valence electrons. The lowest BCUT2D eigenvalue weighted by atomic mass is 9.90. The summed E-state index contributed by atoms with van der Waals surface area (Å²) in [6, 6.07) is 5.83. The Balaban J connectivity index is 0.000000837. The molecule has 2 aliphatic rings. The summed E-state index contributed by atoms with van der Waals surface area (Å²) in [6.07, 6.45) is 4.42. The van der Waals surface area contributed by atoms with Crippen LogP contribution in [-0.2, 0) is 4.79 Å². The zero-order chi connectivity index (χ0) is 23.7. The highest BCUT2D eigenvalue weighted by atomic mass is 16.5. The Kier molecular flexibility index (Phi) is 9.33. The number of hydrogen-bond acceptors (Lipinski definition) is 6. The Morgan fingerprint density at radius 2 is 2.09 bits per heavy atom. The maximum absolute atomic E-state index is 12.5. The molecule has 1 aliphatic heterocycles. The summed E-state index contributed by atoms with van der Waals surface area (Å²) in [7, 11) is 3.21. The van der Waals surface area contributed by atoms with Gasteiger partial charge in [0.25, 0.3) is 5.91 Å². The van der Waals surface area contributed by atoms with Crippen LogP contribution in [0.15, 0.2) is 12.1 Å². The zero-order valence-electron chi connectivity index (χ0n) is 20.0. The first kappa shape index (κ1) is 25.5. The quantitative estimate of drug-likeness (QED) is 0.570. The molecule has 0 radical (unpaired) electrons. The summed E-state index contributed by atoms with van der Waals surface area (Å²) in [6.45, 7) is 9.98. The number of nitriles is 1. The molecule has 1 aromatic carbocycles. The first-order valence-corrected chi connectivity index (χ1v) is 11.4. The van der Waals surface area contributed by atoms with Crippen molar-refractivity contribution in [2.75, 3.05) is 50.1 Å². The fourth-order valence-electron chi connectivity index (χ4n) is 4.06. The zero-order valence-corrected chi connectivity index (χ0v) is 20.0. The van der Waals surface area contributed by atoms with E-state index in [0.29, 0.717) is 23.4 Å². The van der Waals surface area contributed by atoms with Gasteiger partial charge in [0.2, 0.25) is 6.41 Å². The summed E-state index contributed by atoms with van der Waals surface area (Å²) in [5, 5.41) is 13.8. The van der Waals surface area contributed by atoms with Gasteiger partial charge in [-0.3, -0.25) is 9.59 Å². The van der Waals surface area contributed by atoms with Crippen LogP contribution in [0.25, 0.3) is 0 Å². The molecule has 0 bridgehead atoms. The summed E-state index contributed by atoms with van der Waals surface area (Å²) < 4.78 is 5.80. The van der Waals surface area contributed by atoms with Crippen LogP contribution in [0.3, 0.4) is 0 Å². The SMILES string of the molecule is CCC#N.CCNCC1(C)CCN(c2ccc(C(=O)NC)c(N(C=O)C3CC3)c2OC)C1. The van der Waals surface area contributed by atoms with Crippen LogP contribution in [0.4, 0.5) is 11.4 Å². The lowest BCUT2D eigenvalue weighted by Gasteiger charge is -2.29. The van der Waals surface area contributed by atoms with Crippen LogP contribution in [0.1, 0.15) is 56.8 Å². The van der Waals surface area contributed by atoms with E-state index in [-0.39, 0.29) is 17.4 Å². The Morgan fingerprint density at radius 3 is 2.59 bits per heavy atom. The van der Waals surface area contributed by atoms with Crippen LogP contribution < -0.4 is 25.2 Å². The molecule has 1 unspecified atom stereocenters. The third-order valence-corrected chi connectivity index (χ3v) is 5.96. The van der Waals surface area contributed by atoms with E-state index < -0.39 is 0 Å². The van der Waals surface area contributed by atoms with Crippen molar-refractivity contribution in [1.82, 2.24) is 10.6 Å². The van der Waals surface area contributed by atoms with E-state index in [2.05, 4.69) is 29.4 Å². The van der Waals surface area contributed by atoms with Crippen LogP contribution in [0, 0.1) is 16.7 Å². The highest BCUT2D eigenvalue weighted by Crippen LogP contribution is 2.46. The van der Waals surface area contributed by atoms with E-state index in [4.69, 9.17) is 10.00 Å². The van der Waals surface area contributed by atoms with Crippen LogP contribution in [0.2, 0.25) is 0 Å². The van der Waals surface area contributed by atoms with Crippen molar-refractivity contribution in [3.8, 4) is 11.8 Å². The molecule has 1 aliphatic carbocycles. The Morgan fingerprint density at radius 1 is 1.41 bits per heavy atom. The molecule has 1 saturated heterocycles. The molecule has 2 N–H and O–H groups in total. The Bertz CT molecular complexity index is 834. The van der Waals surface area contributed by atoms with Gasteiger partial charge in [0.05, 0.1) is 24.4 Å². The number of nitrogens with zero attached hydrogens (tertiary/aromatic N) is 3. The Hall–Kier alpha value is -2.79. The number of anilines is 2. The molecule has 2 amide bonds. The molecule has 2 fully saturated rings. The molecule has 1 aromatic rings. The summed E-state index contributed by atoms with van der Waals surface area (Å²) in [5.41, 5.74) is 2.17. The molecule has 8 nitrogen and oxygen atoms in total. The van der Waals surface area contributed by atoms with Gasteiger partial charge in [-0.2, -0.15) is 5.26 Å². The molecular formula is C24H37N5O3. The number of rotatable bonds is 9. The average molecular weight is 444 g/mol. The van der Waals surface area contributed by atoms with Gasteiger partial charge in [-0.05, 0) is 43.4 Å². The summed E-state index contributed by atoms with van der Waals surface area (Å²) in [5.74, 6) is 0.388. The van der Waals surface area contributed by atoms with E-state index in [1.165, 1.54) is 0 Å². The topological polar surface area (TPSA) is 97.7 Å². The van der Waals surface area contributed by atoms with Crippen LogP contribution in [0.5, 0.6) is 5.75 Å². The number of hydrogen-bond donors (Lipinski definition) is 2. The number of nitrogens with one attached hydrogen (secondary N) is 2. The van der Waals surface area contributed by atoms with Gasteiger partial charge < -0.3 is 25.2 Å². The average Bonchev–Trinajstić information content (AvgIpc) is 3.58. The predicted octanol–water partition coefficient (Wildman–Crippen LogP) is 2.93. The molecule has 0 spiro atoms. The highest BCUT2D eigenvalue weighted by Gasteiger charge is 2.38. The monoisotopic (exact) mass is 443 g/mol. The Labute approximate surface area is 191 Å². The molecule has 1 heterocycles. The fraction of sp³-hybridized carbons (Fsp3) is 0.625. The number of carbonyl (C=O) groups is 2. The molecule has 3 rings (SSSR count). The predicted molar refractivity (Wildman–Crippen MR) is 127 cm³/mol. The first-order chi connectivity index (χ1) is 15.4. The maximum atomic E-state index is 12.5. The van der Waals surface area contributed by atoms with Gasteiger partial charge in [0.1, 0.15) is 5.69 Å². The highest BCUT2D eigenvalue weighted by molar-refractivity contribution is 6.05. The third kappa shape index (κ3) is 5.92. The minimum Gasteiger partial charge on any atom is -0.492 e. The fourth-order valence-corrected chi connectivity index (χ4v) is 4.06. The lowest BCUT2D eigenvalue weighted by Crippen LogP contribution is -2.35. The minimum atomic E-state index is -0.217. The van der Waals surface area contributed by atoms with Gasteiger partial charge in [0.15, 0.2) is 5.75 Å². The molecule has 8 heteroatoms. The molecule has 1 saturated carbocycles. The van der Waals surface area contributed by atoms with E-state index in [1.54, 1.807) is 19.1 Å². The van der Waals surface area contributed by atoms with Crippen molar-refractivity contribution in [1.29, 1.82) is 5.26 Å². The largest absolute Gasteiger partial charge is 0.492 e. The molecule has 1 atom stereocenters. The summed E-state index contributed by atoms with van der Waals surface area (Å²) in [4.78, 5) is 28.4. The second-order valence-electron chi connectivity index (χ2n) is 8.61. The van der Waals surface area contributed by atoms with Gasteiger partial charge >= 0.3 is 0 Å². The van der Waals surface area contributed by atoms with Gasteiger partial charge in [0, 0.05) is 39.1 Å². The van der Waals surface area contributed by atoms with Crippen molar-refractivity contribution in [3.05, 3.63) is 17.7 Å². The van der Waals surface area contributed by atoms with E-state index in [9.17, 15) is 9.59 Å². The molecular weight excluding hydrogens is 406 g/mol. The number of methoxy groups -OCH3 is 1. The molecule has 32 heavy (non-hydrogen) atoms. The van der Waals surface area contributed by atoms with Gasteiger partial charge in [-0.1, -0.05) is 20.8 Å². The van der Waals surface area contributed by atoms with Crippen molar-refractivity contribution < 1.29 is 14.3 Å². The second kappa shape index (κ2) is 11.7. The van der Waals surface area contributed by atoms with Crippen molar-refractivity contribution in [2.45, 2.75) is 52.5 Å². The normalized spacial score (nSPS) is 19.4. The molecule has 0 aromatic heterocycles. The smallest absolute Gasteiger partial charge is 0.253 e. The van der Waals surface area contributed by atoms with Crippen molar-refractivity contribution in [2.24, 2.45) is 5.41 Å². The van der Waals surface area contributed by atoms with Crippen LogP contribution >= 0.6 is 0 Å². The number of carbonyl (C=O) groups excluding carboxylic acids is 2. The van der Waals surface area contributed by atoms with Gasteiger partial charge in [-0.15, -0.1) is 0 Å². The third-order valence-electron chi connectivity index (χ3n) is 5.96. The lowest BCUT2D eigenvalue weighted by molar-refractivity contribution is -0.107. The standard InChI is InChI=1S/C21H32N4O3.C3H5N/c1-5-23-12-21(2)10-11-24(13-21)17-9-8-16(20(27)22-3)18(19(17)28-4)25(14-26)15-6-7-15;1-2-3-4/h8-9,14-15,23H,5-7,10-13H2,1-4H3,(H,22,27);2H2,1H3. The minimum absolute atomic E-state index is 0.141. The van der Waals surface area contributed by atoms with Gasteiger partial charge in [-0.25, -0.2) is 0 Å². The van der Waals surface area contributed by atoms with E-state index in [1.807, 2.05) is 25.1 Å². The van der Waals surface area contributed by atoms with Crippen molar-refractivity contribution in [3.63, 3.8) is 0 Å². The van der Waals surface area contributed by atoms with Crippen LogP contribution in [-0.4, -0.2) is 58.7 Å². The number of amides is 2. The number of ether oxygens (including phenoxy) is 1.